The third kappa shape index (κ3) is 4.72. The molecule has 0 aliphatic heterocycles. The molecule has 2 nitrogen and oxygen atoms in total. The van der Waals surface area contributed by atoms with Crippen LogP contribution < -0.4 is 0 Å². The Bertz CT molecular complexity index is 2030. The highest BCUT2D eigenvalue weighted by Crippen LogP contribution is 2.52. The molecule has 5 aromatic carbocycles. The van der Waals surface area contributed by atoms with E-state index in [1.54, 1.807) is 0 Å². The minimum atomic E-state index is -0.0478. The van der Waals surface area contributed by atoms with E-state index in [1.807, 2.05) is 0 Å². The zero-order valence-corrected chi connectivity index (χ0v) is 29.4. The fourth-order valence-corrected chi connectivity index (χ4v) is 8.88. The zero-order chi connectivity index (χ0) is 32.5. The van der Waals surface area contributed by atoms with Gasteiger partial charge in [0.05, 0.1) is 11.7 Å². The van der Waals surface area contributed by atoms with Crippen molar-refractivity contribution in [1.29, 1.82) is 0 Å². The number of hydrogen-bond acceptors (Lipinski definition) is 3. The summed E-state index contributed by atoms with van der Waals surface area (Å²) in [6.45, 7) is 14.1. The third-order valence-corrected chi connectivity index (χ3v) is 11.7. The Kier molecular flexibility index (Phi) is 7.26. The molecule has 0 amide bonds. The van der Waals surface area contributed by atoms with Gasteiger partial charge in [0.2, 0.25) is 0 Å². The van der Waals surface area contributed by atoms with Crippen LogP contribution in [0.5, 0.6) is 0 Å². The summed E-state index contributed by atoms with van der Waals surface area (Å²) in [5.74, 6) is 0. The van der Waals surface area contributed by atoms with E-state index >= 15 is 0 Å². The van der Waals surface area contributed by atoms with Crippen LogP contribution >= 0.6 is 11.7 Å². The summed E-state index contributed by atoms with van der Waals surface area (Å²) in [5.41, 5.74) is 20.7. The van der Waals surface area contributed by atoms with Gasteiger partial charge in [-0.15, -0.1) is 0 Å². The maximum atomic E-state index is 4.89. The third-order valence-electron chi connectivity index (χ3n) is 11.2. The predicted molar refractivity (Wildman–Crippen MR) is 201 cm³/mol. The van der Waals surface area contributed by atoms with E-state index in [4.69, 9.17) is 8.75 Å². The van der Waals surface area contributed by atoms with E-state index in [1.165, 1.54) is 104 Å². The summed E-state index contributed by atoms with van der Waals surface area (Å²) in [7, 11) is 0. The van der Waals surface area contributed by atoms with Crippen LogP contribution in [0.1, 0.15) is 101 Å². The Labute approximate surface area is 284 Å². The molecule has 47 heavy (non-hydrogen) atoms. The van der Waals surface area contributed by atoms with Crippen molar-refractivity contribution in [3.63, 3.8) is 0 Å². The maximum Gasteiger partial charge on any atom is 0.113 e. The molecule has 6 aromatic rings. The largest absolute Gasteiger partial charge is 0.172 e. The average molecular weight is 633 g/mol. The first-order valence-corrected chi connectivity index (χ1v) is 18.3. The van der Waals surface area contributed by atoms with Gasteiger partial charge in [-0.1, -0.05) is 127 Å². The van der Waals surface area contributed by atoms with Crippen LogP contribution in [-0.2, 0) is 23.7 Å². The van der Waals surface area contributed by atoms with Crippen molar-refractivity contribution in [1.82, 2.24) is 8.75 Å². The lowest BCUT2D eigenvalue weighted by molar-refractivity contribution is 0.658. The second kappa shape index (κ2) is 11.3. The first-order valence-electron chi connectivity index (χ1n) is 17.5. The van der Waals surface area contributed by atoms with Crippen molar-refractivity contribution in [3.8, 4) is 44.5 Å². The Balaban J connectivity index is 1.16. The zero-order valence-electron chi connectivity index (χ0n) is 28.6. The standard InChI is InChI=1S/C44H44N2S/c1-7-9-11-27-13-17-33-35-19-15-29(25-39(35)43(3,4)37(33)23-27)31-21-22-32(42-41(31)45-47-46-42)30-16-20-36-34-18-14-28(12-10-8-2)24-38(34)44(5,6)40(36)26-30/h13-26H,7-12H2,1-6H3. The van der Waals surface area contributed by atoms with Crippen LogP contribution in [-0.4, -0.2) is 8.75 Å². The lowest BCUT2D eigenvalue weighted by atomic mass is 9.80. The highest BCUT2D eigenvalue weighted by atomic mass is 32.1. The minimum Gasteiger partial charge on any atom is -0.172 e. The SMILES string of the molecule is CCCCc1ccc2c(c1)C(C)(C)c1cc(-c3ccc(-c4ccc5c(c4)C(C)(C)c4cc(CCCC)ccc4-5)c4nsnc34)ccc1-2. The van der Waals surface area contributed by atoms with Gasteiger partial charge in [-0.05, 0) is 105 Å². The molecule has 8 rings (SSSR count). The van der Waals surface area contributed by atoms with E-state index in [2.05, 4.69) is 126 Å². The molecule has 0 fully saturated rings. The molecule has 3 heteroatoms. The van der Waals surface area contributed by atoms with E-state index in [9.17, 15) is 0 Å². The fraction of sp³-hybridized carbons (Fsp3) is 0.318. The number of unbranched alkanes of at least 4 members (excludes halogenated alkanes) is 2. The van der Waals surface area contributed by atoms with E-state index < -0.39 is 0 Å². The highest BCUT2D eigenvalue weighted by molar-refractivity contribution is 7.00. The molecule has 0 saturated heterocycles. The second-order valence-electron chi connectivity index (χ2n) is 14.9. The Morgan fingerprint density at radius 2 is 0.830 bits per heavy atom. The molecule has 1 aromatic heterocycles. The van der Waals surface area contributed by atoms with Crippen LogP contribution in [0.4, 0.5) is 0 Å². The summed E-state index contributed by atoms with van der Waals surface area (Å²) in [5, 5.41) is 0. The minimum absolute atomic E-state index is 0.0478. The van der Waals surface area contributed by atoms with Gasteiger partial charge in [0, 0.05) is 22.0 Å². The second-order valence-corrected chi connectivity index (χ2v) is 15.4. The molecule has 236 valence electrons. The fourth-order valence-electron chi connectivity index (χ4n) is 8.31. The molecule has 2 aliphatic carbocycles. The lowest BCUT2D eigenvalue weighted by Gasteiger charge is -2.23. The number of nitrogens with zero attached hydrogens (tertiary/aromatic N) is 2. The maximum absolute atomic E-state index is 4.89. The Morgan fingerprint density at radius 3 is 1.23 bits per heavy atom. The van der Waals surface area contributed by atoms with Gasteiger partial charge in [-0.3, -0.25) is 0 Å². The molecule has 0 radical (unpaired) electrons. The first-order chi connectivity index (χ1) is 22.7. The highest BCUT2D eigenvalue weighted by Gasteiger charge is 2.37. The van der Waals surface area contributed by atoms with Crippen LogP contribution in [0.2, 0.25) is 0 Å². The Morgan fingerprint density at radius 1 is 0.468 bits per heavy atom. The Hall–Kier alpha value is -4.08. The van der Waals surface area contributed by atoms with Crippen molar-refractivity contribution in [3.05, 3.63) is 118 Å². The average Bonchev–Trinajstić information content (AvgIpc) is 3.72. The normalized spacial score (nSPS) is 15.0. The van der Waals surface area contributed by atoms with Gasteiger partial charge >= 0.3 is 0 Å². The molecule has 2 aliphatic rings. The summed E-state index contributed by atoms with van der Waals surface area (Å²) >= 11 is 1.32. The van der Waals surface area contributed by atoms with Crippen molar-refractivity contribution < 1.29 is 0 Å². The molecule has 0 spiro atoms. The van der Waals surface area contributed by atoms with Crippen LogP contribution in [0.25, 0.3) is 55.5 Å². The molecule has 1 heterocycles. The number of aromatic nitrogens is 2. The predicted octanol–water partition coefficient (Wildman–Crippen LogP) is 12.3. The molecular weight excluding hydrogens is 589 g/mol. The van der Waals surface area contributed by atoms with Crippen LogP contribution in [0.15, 0.2) is 84.9 Å². The van der Waals surface area contributed by atoms with Crippen LogP contribution in [0, 0.1) is 0 Å². The van der Waals surface area contributed by atoms with Gasteiger partial charge in [-0.25, -0.2) is 0 Å². The first kappa shape index (κ1) is 30.3. The summed E-state index contributed by atoms with van der Waals surface area (Å²) in [4.78, 5) is 0. The summed E-state index contributed by atoms with van der Waals surface area (Å²) in [6, 6.07) is 32.9. The number of hydrogen-bond donors (Lipinski definition) is 0. The van der Waals surface area contributed by atoms with Crippen molar-refractivity contribution in [2.24, 2.45) is 0 Å². The molecule has 0 unspecified atom stereocenters. The van der Waals surface area contributed by atoms with Gasteiger partial charge in [-0.2, -0.15) is 8.75 Å². The summed E-state index contributed by atoms with van der Waals surface area (Å²) < 4.78 is 9.78. The van der Waals surface area contributed by atoms with Gasteiger partial charge in [0.1, 0.15) is 11.0 Å². The molecule has 0 saturated carbocycles. The topological polar surface area (TPSA) is 25.8 Å². The van der Waals surface area contributed by atoms with Gasteiger partial charge in [0.15, 0.2) is 0 Å². The molecule has 0 bridgehead atoms. The van der Waals surface area contributed by atoms with Crippen molar-refractivity contribution in [2.45, 2.75) is 90.9 Å². The molecule has 0 N–H and O–H groups in total. The van der Waals surface area contributed by atoms with Crippen LogP contribution in [0.3, 0.4) is 0 Å². The molecular formula is C44H44N2S. The number of aryl methyl sites for hydroxylation is 2. The number of benzene rings is 5. The van der Waals surface area contributed by atoms with E-state index in [-0.39, 0.29) is 10.8 Å². The van der Waals surface area contributed by atoms with Gasteiger partial charge < -0.3 is 0 Å². The number of rotatable bonds is 8. The summed E-state index contributed by atoms with van der Waals surface area (Å²) in [6.07, 6.45) is 7.22. The van der Waals surface area contributed by atoms with Gasteiger partial charge in [0.25, 0.3) is 0 Å². The molecule has 0 atom stereocenters. The monoisotopic (exact) mass is 632 g/mol. The lowest BCUT2D eigenvalue weighted by Crippen LogP contribution is -2.15. The quantitative estimate of drug-likeness (QED) is 0.167. The van der Waals surface area contributed by atoms with Crippen molar-refractivity contribution in [2.75, 3.05) is 0 Å². The van der Waals surface area contributed by atoms with E-state index in [0.717, 1.165) is 35.0 Å². The smallest absolute Gasteiger partial charge is 0.113 e. The van der Waals surface area contributed by atoms with Crippen molar-refractivity contribution >= 4 is 22.8 Å². The van der Waals surface area contributed by atoms with E-state index in [0.29, 0.717) is 0 Å². The number of fused-ring (bicyclic) bond motifs is 7.